The first-order valence-electron chi connectivity index (χ1n) is 9.81. The fraction of sp³-hybridized carbons (Fsp3) is 0.944. The standard InChI is InChI=1S/C18H36O6/c1-2-3-4-5-6-7-8-9-10-11-12-14(20)16(22)18(24)17(23)15(21)13-19/h15-19,21-24H,2-13H2,1H3/t15-,16-,17-,18-/m1/s1/i1D. The molecule has 0 bridgehead atoms. The van der Waals surface area contributed by atoms with Gasteiger partial charge in [0.1, 0.15) is 24.4 Å². The molecule has 144 valence electrons. The fourth-order valence-electron chi connectivity index (χ4n) is 2.57. The zero-order valence-corrected chi connectivity index (χ0v) is 14.6. The van der Waals surface area contributed by atoms with Crippen molar-refractivity contribution in [3.8, 4) is 0 Å². The number of carbonyl (C=O) groups is 1. The molecule has 0 aromatic heterocycles. The quantitative estimate of drug-likeness (QED) is 0.268. The van der Waals surface area contributed by atoms with Crippen molar-refractivity contribution in [2.75, 3.05) is 6.61 Å². The first-order chi connectivity index (χ1) is 12.0. The SMILES string of the molecule is [2H]CCCCCCCCCCCCC(=O)[C@@H](O)[C@@H](O)[C@H](O)[C@H](O)CO. The van der Waals surface area contributed by atoms with Crippen LogP contribution in [0.1, 0.15) is 78.9 Å². The number of aliphatic hydroxyl groups excluding tert-OH is 5. The third-order valence-corrected chi connectivity index (χ3v) is 4.26. The van der Waals surface area contributed by atoms with Crippen LogP contribution in [-0.4, -0.2) is 62.3 Å². The normalized spacial score (nSPS) is 17.1. The van der Waals surface area contributed by atoms with Gasteiger partial charge < -0.3 is 25.5 Å². The minimum atomic E-state index is -1.80. The Balaban J connectivity index is 3.66. The maximum Gasteiger partial charge on any atom is 0.164 e. The molecule has 0 saturated carbocycles. The Hall–Kier alpha value is -0.530. The van der Waals surface area contributed by atoms with Crippen molar-refractivity contribution in [2.45, 2.75) is 102 Å². The van der Waals surface area contributed by atoms with Crippen LogP contribution in [0.15, 0.2) is 0 Å². The zero-order chi connectivity index (χ0) is 19.1. The fourth-order valence-corrected chi connectivity index (χ4v) is 2.57. The molecule has 0 aliphatic rings. The maximum atomic E-state index is 11.8. The number of ketones is 1. The Kier molecular flexibility index (Phi) is 13.3. The van der Waals surface area contributed by atoms with Crippen LogP contribution in [-0.2, 0) is 4.79 Å². The summed E-state index contributed by atoms with van der Waals surface area (Å²) in [5.41, 5.74) is 0. The van der Waals surface area contributed by atoms with E-state index in [1.54, 1.807) is 0 Å². The van der Waals surface area contributed by atoms with E-state index in [-0.39, 0.29) is 6.42 Å². The molecule has 4 atom stereocenters. The second kappa shape index (κ2) is 14.8. The Labute approximate surface area is 146 Å². The van der Waals surface area contributed by atoms with Gasteiger partial charge in [0.15, 0.2) is 5.78 Å². The highest BCUT2D eigenvalue weighted by molar-refractivity contribution is 5.83. The van der Waals surface area contributed by atoms with Gasteiger partial charge >= 0.3 is 0 Å². The summed E-state index contributed by atoms with van der Waals surface area (Å²) >= 11 is 0. The molecule has 24 heavy (non-hydrogen) atoms. The highest BCUT2D eigenvalue weighted by atomic mass is 16.4. The Morgan fingerprint density at radius 3 is 1.83 bits per heavy atom. The van der Waals surface area contributed by atoms with E-state index in [4.69, 9.17) is 6.48 Å². The molecular weight excluding hydrogens is 312 g/mol. The van der Waals surface area contributed by atoms with Gasteiger partial charge in [0, 0.05) is 7.79 Å². The van der Waals surface area contributed by atoms with E-state index >= 15 is 0 Å². The van der Waals surface area contributed by atoms with Crippen LogP contribution in [0.2, 0.25) is 0 Å². The van der Waals surface area contributed by atoms with Crippen molar-refractivity contribution in [3.05, 3.63) is 0 Å². The Morgan fingerprint density at radius 1 is 0.833 bits per heavy atom. The lowest BCUT2D eigenvalue weighted by atomic mass is 9.97. The maximum absolute atomic E-state index is 11.8. The van der Waals surface area contributed by atoms with Gasteiger partial charge in [-0.3, -0.25) is 4.79 Å². The monoisotopic (exact) mass is 349 g/mol. The predicted octanol–water partition coefficient (Wildman–Crippen LogP) is 1.30. The van der Waals surface area contributed by atoms with Crippen LogP contribution in [0.5, 0.6) is 0 Å². The van der Waals surface area contributed by atoms with Gasteiger partial charge in [0.2, 0.25) is 0 Å². The molecule has 0 aliphatic heterocycles. The van der Waals surface area contributed by atoms with Gasteiger partial charge in [0.25, 0.3) is 0 Å². The predicted molar refractivity (Wildman–Crippen MR) is 92.6 cm³/mol. The molecule has 0 aliphatic carbocycles. The molecule has 0 rings (SSSR count). The van der Waals surface area contributed by atoms with Crippen molar-refractivity contribution in [2.24, 2.45) is 0 Å². The van der Waals surface area contributed by atoms with Gasteiger partial charge in [0.05, 0.1) is 6.61 Å². The second-order valence-electron chi connectivity index (χ2n) is 6.43. The van der Waals surface area contributed by atoms with Crippen LogP contribution in [0.4, 0.5) is 0 Å². The lowest BCUT2D eigenvalue weighted by molar-refractivity contribution is -0.147. The minimum absolute atomic E-state index is 0.118. The second-order valence-corrected chi connectivity index (χ2v) is 6.43. The summed E-state index contributed by atoms with van der Waals surface area (Å²) in [6, 6.07) is 0. The molecule has 0 spiro atoms. The first-order valence-corrected chi connectivity index (χ1v) is 9.10. The van der Waals surface area contributed by atoms with E-state index < -0.39 is 36.8 Å². The molecule has 0 unspecified atom stereocenters. The molecular formula is C18H36O6. The molecule has 0 radical (unpaired) electrons. The van der Waals surface area contributed by atoms with Crippen LogP contribution >= 0.6 is 0 Å². The molecule has 0 saturated heterocycles. The highest BCUT2D eigenvalue weighted by Crippen LogP contribution is 2.13. The van der Waals surface area contributed by atoms with Crippen molar-refractivity contribution in [1.82, 2.24) is 0 Å². The number of hydrogen-bond acceptors (Lipinski definition) is 6. The van der Waals surface area contributed by atoms with Gasteiger partial charge in [-0.15, -0.1) is 0 Å². The van der Waals surface area contributed by atoms with Gasteiger partial charge in [-0.2, -0.15) is 0 Å². The van der Waals surface area contributed by atoms with E-state index in [0.717, 1.165) is 32.1 Å². The van der Waals surface area contributed by atoms with Crippen molar-refractivity contribution < 1.29 is 31.7 Å². The average Bonchev–Trinajstić information content (AvgIpc) is 2.63. The van der Waals surface area contributed by atoms with E-state index in [2.05, 4.69) is 0 Å². The number of unbranched alkanes of at least 4 members (excludes halogenated alkanes) is 9. The largest absolute Gasteiger partial charge is 0.394 e. The first kappa shape index (κ1) is 21.5. The third-order valence-electron chi connectivity index (χ3n) is 4.26. The van der Waals surface area contributed by atoms with E-state index in [1.807, 2.05) is 0 Å². The molecule has 0 aromatic carbocycles. The van der Waals surface area contributed by atoms with Crippen molar-refractivity contribution in [3.63, 3.8) is 0 Å². The summed E-state index contributed by atoms with van der Waals surface area (Å²) in [6.45, 7) is -0.241. The van der Waals surface area contributed by atoms with Crippen LogP contribution in [0, 0.1) is 0 Å². The smallest absolute Gasteiger partial charge is 0.164 e. The lowest BCUT2D eigenvalue weighted by Crippen LogP contribution is -2.48. The summed E-state index contributed by atoms with van der Waals surface area (Å²) < 4.78 is 7.05. The average molecular weight is 349 g/mol. The van der Waals surface area contributed by atoms with Crippen LogP contribution in [0.25, 0.3) is 0 Å². The van der Waals surface area contributed by atoms with Crippen LogP contribution in [0.3, 0.4) is 0 Å². The third kappa shape index (κ3) is 10.4. The van der Waals surface area contributed by atoms with E-state index in [1.165, 1.54) is 25.7 Å². The summed E-state index contributed by atoms with van der Waals surface area (Å²) in [6.07, 6.45) is 3.74. The minimum Gasteiger partial charge on any atom is -0.394 e. The molecule has 5 N–H and O–H groups in total. The number of aliphatic hydroxyl groups is 5. The molecule has 6 nitrogen and oxygen atoms in total. The molecule has 0 amide bonds. The molecule has 0 aromatic rings. The van der Waals surface area contributed by atoms with Crippen LogP contribution < -0.4 is 0 Å². The van der Waals surface area contributed by atoms with Gasteiger partial charge in [-0.05, 0) is 6.42 Å². The summed E-state index contributed by atoms with van der Waals surface area (Å²) in [4.78, 5) is 11.8. The summed E-state index contributed by atoms with van der Waals surface area (Å²) in [7, 11) is 0. The topological polar surface area (TPSA) is 118 Å². The van der Waals surface area contributed by atoms with Gasteiger partial charge in [-0.25, -0.2) is 0 Å². The van der Waals surface area contributed by atoms with E-state index in [0.29, 0.717) is 13.3 Å². The summed E-state index contributed by atoms with van der Waals surface area (Å²) in [5, 5.41) is 46.7. The number of carbonyl (C=O) groups excluding carboxylic acids is 1. The van der Waals surface area contributed by atoms with Crippen molar-refractivity contribution >= 4 is 5.78 Å². The Bertz CT molecular complexity index is 329. The van der Waals surface area contributed by atoms with Crippen molar-refractivity contribution in [1.29, 1.82) is 0 Å². The lowest BCUT2D eigenvalue weighted by Gasteiger charge is -2.24. The molecule has 0 fully saturated rings. The number of hydrogen-bond donors (Lipinski definition) is 5. The van der Waals surface area contributed by atoms with E-state index in [9.17, 15) is 25.2 Å². The molecule has 0 heterocycles. The zero-order valence-electron chi connectivity index (χ0n) is 15.6. The molecule has 6 heteroatoms. The van der Waals surface area contributed by atoms with Gasteiger partial charge in [-0.1, -0.05) is 64.7 Å². The Morgan fingerprint density at radius 2 is 1.33 bits per heavy atom. The number of rotatable bonds is 16. The summed E-state index contributed by atoms with van der Waals surface area (Å²) in [5.74, 6) is -0.564. The number of Topliss-reactive ketones (excluding diaryl/α,β-unsaturated/α-hetero) is 1. The highest BCUT2D eigenvalue weighted by Gasteiger charge is 2.33.